The van der Waals surface area contributed by atoms with E-state index in [4.69, 9.17) is 0 Å². The second kappa shape index (κ2) is 5.06. The predicted molar refractivity (Wildman–Crippen MR) is 71.3 cm³/mol. The van der Waals surface area contributed by atoms with Crippen molar-refractivity contribution in [3.8, 4) is 11.1 Å². The quantitative estimate of drug-likeness (QED) is 0.913. The fourth-order valence-corrected chi connectivity index (χ4v) is 1.87. The van der Waals surface area contributed by atoms with Crippen LogP contribution in [0.4, 0.5) is 0 Å². The van der Waals surface area contributed by atoms with Gasteiger partial charge in [0.1, 0.15) is 5.56 Å². The summed E-state index contributed by atoms with van der Waals surface area (Å²) in [5.41, 5.74) is 1.28. The van der Waals surface area contributed by atoms with E-state index in [0.717, 1.165) is 10.2 Å². The topological polar surface area (TPSA) is 72.2 Å². The number of carboxylic acids is 1. The lowest BCUT2D eigenvalue weighted by Gasteiger charge is -2.08. The summed E-state index contributed by atoms with van der Waals surface area (Å²) in [6, 6.07) is 7.31. The van der Waals surface area contributed by atoms with Gasteiger partial charge in [-0.25, -0.2) is 9.48 Å². The van der Waals surface area contributed by atoms with Crippen molar-refractivity contribution >= 4 is 5.97 Å². The summed E-state index contributed by atoms with van der Waals surface area (Å²) in [4.78, 5) is 23.3. The van der Waals surface area contributed by atoms with Crippen LogP contribution in [0.25, 0.3) is 11.1 Å². The summed E-state index contributed by atoms with van der Waals surface area (Å²) in [6.07, 6.45) is 1.43. The normalized spacial score (nSPS) is 10.4. The molecule has 0 amide bonds. The zero-order valence-electron chi connectivity index (χ0n) is 10.8. The molecular weight excluding hydrogens is 244 g/mol. The number of rotatable bonds is 3. The van der Waals surface area contributed by atoms with Gasteiger partial charge in [-0.3, -0.25) is 4.79 Å². The predicted octanol–water partition coefficient (Wildman–Crippen LogP) is 1.94. The fraction of sp³-hybridized carbons (Fsp3) is 0.214. The molecule has 19 heavy (non-hydrogen) atoms. The highest BCUT2D eigenvalue weighted by Gasteiger charge is 2.18. The number of hydrogen-bond donors (Lipinski definition) is 1. The van der Waals surface area contributed by atoms with Gasteiger partial charge in [0.05, 0.1) is 6.20 Å². The van der Waals surface area contributed by atoms with Crippen LogP contribution in [0.3, 0.4) is 0 Å². The maximum Gasteiger partial charge on any atom is 0.342 e. The first-order valence-corrected chi connectivity index (χ1v) is 5.95. The molecule has 1 aromatic carbocycles. The van der Waals surface area contributed by atoms with Gasteiger partial charge in [-0.2, -0.15) is 5.10 Å². The van der Waals surface area contributed by atoms with Crippen LogP contribution in [0.15, 0.2) is 35.3 Å². The molecule has 0 fully saturated rings. The molecule has 0 aliphatic rings. The van der Waals surface area contributed by atoms with Crippen molar-refractivity contribution in [3.05, 3.63) is 51.9 Å². The van der Waals surface area contributed by atoms with Crippen LogP contribution in [-0.4, -0.2) is 20.9 Å². The summed E-state index contributed by atoms with van der Waals surface area (Å²) in [6.45, 7) is 4.02. The van der Waals surface area contributed by atoms with Crippen LogP contribution >= 0.6 is 0 Å². The summed E-state index contributed by atoms with van der Waals surface area (Å²) in [5, 5.41) is 13.2. The van der Waals surface area contributed by atoms with Crippen LogP contribution in [-0.2, 0) is 6.54 Å². The second-order valence-electron chi connectivity index (χ2n) is 4.23. The number of aromatic nitrogens is 2. The Morgan fingerprint density at radius 1 is 1.32 bits per heavy atom. The lowest BCUT2D eigenvalue weighted by molar-refractivity contribution is 0.0694. The SMILES string of the molecule is CCn1ncc(-c2ccc(C)cc2)c(C(=O)O)c1=O. The summed E-state index contributed by atoms with van der Waals surface area (Å²) in [5.74, 6) is -1.23. The number of nitrogens with zero attached hydrogens (tertiary/aromatic N) is 2. The number of carbonyl (C=O) groups is 1. The van der Waals surface area contributed by atoms with E-state index in [1.807, 2.05) is 19.1 Å². The molecule has 0 radical (unpaired) electrons. The Balaban J connectivity index is 2.70. The zero-order valence-corrected chi connectivity index (χ0v) is 10.8. The number of aryl methyl sites for hydroxylation is 2. The van der Waals surface area contributed by atoms with E-state index in [1.165, 1.54) is 6.20 Å². The van der Waals surface area contributed by atoms with Crippen molar-refractivity contribution in [2.24, 2.45) is 0 Å². The van der Waals surface area contributed by atoms with Gasteiger partial charge in [0.2, 0.25) is 0 Å². The highest BCUT2D eigenvalue weighted by atomic mass is 16.4. The van der Waals surface area contributed by atoms with Crippen LogP contribution in [0.2, 0.25) is 0 Å². The van der Waals surface area contributed by atoms with E-state index in [2.05, 4.69) is 5.10 Å². The molecule has 1 heterocycles. The third-order valence-electron chi connectivity index (χ3n) is 2.92. The first kappa shape index (κ1) is 13.0. The van der Waals surface area contributed by atoms with E-state index in [-0.39, 0.29) is 5.56 Å². The minimum atomic E-state index is -1.23. The van der Waals surface area contributed by atoms with Crippen molar-refractivity contribution in [3.63, 3.8) is 0 Å². The first-order valence-electron chi connectivity index (χ1n) is 5.95. The van der Waals surface area contributed by atoms with Crippen molar-refractivity contribution in [1.82, 2.24) is 9.78 Å². The highest BCUT2D eigenvalue weighted by Crippen LogP contribution is 2.21. The Hall–Kier alpha value is -2.43. The van der Waals surface area contributed by atoms with Crippen molar-refractivity contribution in [2.75, 3.05) is 0 Å². The van der Waals surface area contributed by atoms with Gasteiger partial charge in [-0.1, -0.05) is 29.8 Å². The third-order valence-corrected chi connectivity index (χ3v) is 2.92. The molecule has 0 spiro atoms. The molecule has 1 N–H and O–H groups in total. The molecule has 98 valence electrons. The van der Waals surface area contributed by atoms with E-state index in [1.54, 1.807) is 19.1 Å². The van der Waals surface area contributed by atoms with Gasteiger partial charge < -0.3 is 5.11 Å². The van der Waals surface area contributed by atoms with Gasteiger partial charge in [-0.05, 0) is 19.4 Å². The molecule has 0 aliphatic carbocycles. The lowest BCUT2D eigenvalue weighted by Crippen LogP contribution is -2.28. The third kappa shape index (κ3) is 2.40. The summed E-state index contributed by atoms with van der Waals surface area (Å²) >= 11 is 0. The largest absolute Gasteiger partial charge is 0.477 e. The average molecular weight is 258 g/mol. The zero-order chi connectivity index (χ0) is 14.0. The van der Waals surface area contributed by atoms with Crippen molar-refractivity contribution in [1.29, 1.82) is 0 Å². The monoisotopic (exact) mass is 258 g/mol. The lowest BCUT2D eigenvalue weighted by atomic mass is 10.0. The van der Waals surface area contributed by atoms with E-state index < -0.39 is 11.5 Å². The summed E-state index contributed by atoms with van der Waals surface area (Å²) < 4.78 is 1.14. The van der Waals surface area contributed by atoms with Crippen molar-refractivity contribution < 1.29 is 9.90 Å². The second-order valence-corrected chi connectivity index (χ2v) is 4.23. The van der Waals surface area contributed by atoms with Crippen LogP contribution in [0.5, 0.6) is 0 Å². The Labute approximate surface area is 110 Å². The molecule has 0 saturated carbocycles. The Morgan fingerprint density at radius 3 is 2.47 bits per heavy atom. The molecule has 2 aromatic rings. The Morgan fingerprint density at radius 2 is 1.95 bits per heavy atom. The standard InChI is InChI=1S/C14H14N2O3/c1-3-16-13(17)12(14(18)19)11(8-15-16)10-6-4-9(2)5-7-10/h4-8H,3H2,1-2H3,(H,18,19). The Bertz CT molecular complexity index is 672. The van der Waals surface area contributed by atoms with Gasteiger partial charge in [0, 0.05) is 12.1 Å². The maximum absolute atomic E-state index is 12.0. The number of hydrogen-bond acceptors (Lipinski definition) is 3. The Kier molecular flexibility index (Phi) is 3.46. The molecule has 5 heteroatoms. The molecule has 5 nitrogen and oxygen atoms in total. The highest BCUT2D eigenvalue weighted by molar-refractivity contribution is 5.95. The van der Waals surface area contributed by atoms with Crippen LogP contribution in [0, 0.1) is 6.92 Å². The summed E-state index contributed by atoms with van der Waals surface area (Å²) in [7, 11) is 0. The van der Waals surface area contributed by atoms with Gasteiger partial charge in [-0.15, -0.1) is 0 Å². The number of aromatic carboxylic acids is 1. The molecule has 0 atom stereocenters. The molecule has 1 aromatic heterocycles. The number of benzene rings is 1. The van der Waals surface area contributed by atoms with Gasteiger partial charge >= 0.3 is 5.97 Å². The van der Waals surface area contributed by atoms with Crippen molar-refractivity contribution in [2.45, 2.75) is 20.4 Å². The molecule has 2 rings (SSSR count). The first-order chi connectivity index (χ1) is 9.04. The minimum Gasteiger partial charge on any atom is -0.477 e. The smallest absolute Gasteiger partial charge is 0.342 e. The molecule has 0 bridgehead atoms. The van der Waals surface area contributed by atoms with E-state index in [9.17, 15) is 14.7 Å². The number of carboxylic acid groups (broad SMARTS) is 1. The van der Waals surface area contributed by atoms with Gasteiger partial charge in [0.15, 0.2) is 0 Å². The minimum absolute atomic E-state index is 0.235. The van der Waals surface area contributed by atoms with Crippen LogP contribution in [0.1, 0.15) is 22.8 Å². The van der Waals surface area contributed by atoms with E-state index in [0.29, 0.717) is 17.7 Å². The van der Waals surface area contributed by atoms with Crippen LogP contribution < -0.4 is 5.56 Å². The van der Waals surface area contributed by atoms with E-state index >= 15 is 0 Å². The molecule has 0 unspecified atom stereocenters. The average Bonchev–Trinajstić information content (AvgIpc) is 2.38. The molecule has 0 saturated heterocycles. The maximum atomic E-state index is 12.0. The fourth-order valence-electron chi connectivity index (χ4n) is 1.87. The molecular formula is C14H14N2O3. The van der Waals surface area contributed by atoms with Gasteiger partial charge in [0.25, 0.3) is 5.56 Å². The molecule has 0 aliphatic heterocycles.